The number of nitro groups is 1. The normalized spacial score (nSPS) is 11.6. The molecule has 2 aromatic rings. The van der Waals surface area contributed by atoms with E-state index in [1.165, 1.54) is 11.7 Å². The lowest BCUT2D eigenvalue weighted by Crippen LogP contribution is -2.05. The zero-order valence-electron chi connectivity index (χ0n) is 9.55. The lowest BCUT2D eigenvalue weighted by molar-refractivity contribution is -0.389. The van der Waals surface area contributed by atoms with Gasteiger partial charge in [-0.2, -0.15) is 17.9 Å². The first-order chi connectivity index (χ1) is 8.79. The van der Waals surface area contributed by atoms with Crippen LogP contribution in [0.5, 0.6) is 0 Å². The SMILES string of the molecule is Cn1nc([N+](=O)[O-])cc1-c1ccc(C(F)(F)F)cn1. The molecule has 0 aliphatic carbocycles. The fraction of sp³-hybridized carbons (Fsp3) is 0.200. The Morgan fingerprint density at radius 3 is 2.47 bits per heavy atom. The molecule has 6 nitrogen and oxygen atoms in total. The Balaban J connectivity index is 2.40. The monoisotopic (exact) mass is 272 g/mol. The van der Waals surface area contributed by atoms with E-state index in [9.17, 15) is 23.3 Å². The molecule has 2 rings (SSSR count). The number of hydrogen-bond donors (Lipinski definition) is 0. The molecule has 0 aliphatic rings. The van der Waals surface area contributed by atoms with Gasteiger partial charge in [-0.05, 0) is 17.1 Å². The first-order valence-corrected chi connectivity index (χ1v) is 5.01. The summed E-state index contributed by atoms with van der Waals surface area (Å²) < 4.78 is 38.3. The second kappa shape index (κ2) is 4.34. The average molecular weight is 272 g/mol. The van der Waals surface area contributed by atoms with E-state index in [0.717, 1.165) is 18.2 Å². The van der Waals surface area contributed by atoms with Gasteiger partial charge in [0.1, 0.15) is 5.69 Å². The summed E-state index contributed by atoms with van der Waals surface area (Å²) in [7, 11) is 1.45. The molecule has 100 valence electrons. The predicted molar refractivity (Wildman–Crippen MR) is 58.1 cm³/mol. The first-order valence-electron chi connectivity index (χ1n) is 5.01. The average Bonchev–Trinajstić information content (AvgIpc) is 2.70. The van der Waals surface area contributed by atoms with Crippen LogP contribution in [0, 0.1) is 10.1 Å². The van der Waals surface area contributed by atoms with Crippen LogP contribution < -0.4 is 0 Å². The second-order valence-corrected chi connectivity index (χ2v) is 3.70. The van der Waals surface area contributed by atoms with Crippen LogP contribution in [-0.4, -0.2) is 19.7 Å². The highest BCUT2D eigenvalue weighted by atomic mass is 19.4. The molecule has 0 N–H and O–H groups in total. The molecule has 0 aromatic carbocycles. The van der Waals surface area contributed by atoms with Gasteiger partial charge in [0, 0.05) is 6.20 Å². The molecule has 9 heteroatoms. The minimum atomic E-state index is -4.47. The van der Waals surface area contributed by atoms with Gasteiger partial charge >= 0.3 is 12.0 Å². The van der Waals surface area contributed by atoms with E-state index in [1.54, 1.807) is 0 Å². The van der Waals surface area contributed by atoms with Crippen LogP contribution in [0.15, 0.2) is 24.4 Å². The van der Waals surface area contributed by atoms with E-state index >= 15 is 0 Å². The highest BCUT2D eigenvalue weighted by molar-refractivity contribution is 5.57. The third-order valence-electron chi connectivity index (χ3n) is 2.41. The minimum absolute atomic E-state index is 0.177. The lowest BCUT2D eigenvalue weighted by atomic mass is 10.2. The zero-order valence-corrected chi connectivity index (χ0v) is 9.55. The number of rotatable bonds is 2. The van der Waals surface area contributed by atoms with Crippen molar-refractivity contribution >= 4 is 5.82 Å². The molecule has 0 fully saturated rings. The van der Waals surface area contributed by atoms with Crippen molar-refractivity contribution in [2.24, 2.45) is 7.05 Å². The molecular formula is C10H7F3N4O2. The van der Waals surface area contributed by atoms with Crippen molar-refractivity contribution in [1.29, 1.82) is 0 Å². The van der Waals surface area contributed by atoms with Gasteiger partial charge in [0.25, 0.3) is 0 Å². The van der Waals surface area contributed by atoms with Gasteiger partial charge in [0.2, 0.25) is 0 Å². The van der Waals surface area contributed by atoms with Gasteiger partial charge in [-0.1, -0.05) is 0 Å². The Bertz CT molecular complexity index is 619. The Morgan fingerprint density at radius 1 is 1.37 bits per heavy atom. The summed E-state index contributed by atoms with van der Waals surface area (Å²) >= 11 is 0. The number of hydrogen-bond acceptors (Lipinski definition) is 4. The summed E-state index contributed by atoms with van der Waals surface area (Å²) in [6, 6.07) is 3.15. The molecule has 0 aliphatic heterocycles. The highest BCUT2D eigenvalue weighted by Crippen LogP contribution is 2.30. The summed E-state index contributed by atoms with van der Waals surface area (Å²) in [5.41, 5.74) is -0.440. The molecular weight excluding hydrogens is 265 g/mol. The van der Waals surface area contributed by atoms with Gasteiger partial charge in [0.15, 0.2) is 0 Å². The van der Waals surface area contributed by atoms with Gasteiger partial charge in [0.05, 0.1) is 29.5 Å². The molecule has 0 radical (unpaired) electrons. The van der Waals surface area contributed by atoms with Crippen LogP contribution in [0.1, 0.15) is 5.56 Å². The largest absolute Gasteiger partial charge is 0.417 e. The van der Waals surface area contributed by atoms with Gasteiger partial charge in [-0.3, -0.25) is 4.98 Å². The van der Waals surface area contributed by atoms with Crippen molar-refractivity contribution in [3.05, 3.63) is 40.1 Å². The topological polar surface area (TPSA) is 73.8 Å². The zero-order chi connectivity index (χ0) is 14.2. The number of aromatic nitrogens is 3. The molecule has 0 saturated carbocycles. The molecule has 0 saturated heterocycles. The molecule has 0 spiro atoms. The first kappa shape index (κ1) is 13.0. The van der Waals surface area contributed by atoms with E-state index in [2.05, 4.69) is 10.1 Å². The van der Waals surface area contributed by atoms with Crippen LogP contribution in [-0.2, 0) is 13.2 Å². The third kappa shape index (κ3) is 2.54. The van der Waals surface area contributed by atoms with E-state index < -0.39 is 16.7 Å². The van der Waals surface area contributed by atoms with Crippen LogP contribution >= 0.6 is 0 Å². The van der Waals surface area contributed by atoms with Crippen molar-refractivity contribution in [3.8, 4) is 11.4 Å². The van der Waals surface area contributed by atoms with E-state index in [4.69, 9.17) is 0 Å². The van der Waals surface area contributed by atoms with Gasteiger partial charge in [-0.25, -0.2) is 0 Å². The van der Waals surface area contributed by atoms with Gasteiger partial charge < -0.3 is 10.1 Å². The third-order valence-corrected chi connectivity index (χ3v) is 2.41. The molecule has 2 aromatic heterocycles. The molecule has 19 heavy (non-hydrogen) atoms. The van der Waals surface area contributed by atoms with Crippen LogP contribution in [0.3, 0.4) is 0 Å². The van der Waals surface area contributed by atoms with Crippen molar-refractivity contribution in [2.75, 3.05) is 0 Å². The fourth-order valence-corrected chi connectivity index (χ4v) is 1.49. The Morgan fingerprint density at radius 2 is 2.05 bits per heavy atom. The van der Waals surface area contributed by atoms with Crippen molar-refractivity contribution in [1.82, 2.24) is 14.8 Å². The Labute approximate surface area is 104 Å². The predicted octanol–water partition coefficient (Wildman–Crippen LogP) is 2.41. The second-order valence-electron chi connectivity index (χ2n) is 3.70. The number of alkyl halides is 3. The summed E-state index contributed by atoms with van der Waals surface area (Å²) in [6.45, 7) is 0. The maximum Gasteiger partial charge on any atom is 0.417 e. The maximum absolute atomic E-state index is 12.4. The minimum Gasteiger partial charge on any atom is -0.358 e. The van der Waals surface area contributed by atoms with Crippen molar-refractivity contribution < 1.29 is 18.1 Å². The van der Waals surface area contributed by atoms with Crippen LogP contribution in [0.4, 0.5) is 19.0 Å². The summed E-state index contributed by atoms with van der Waals surface area (Å²) in [4.78, 5) is 13.5. The standard InChI is InChI=1S/C10H7F3N4O2/c1-16-8(4-9(15-16)17(18)19)7-3-2-6(5-14-7)10(11,12)13/h2-5H,1H3. The van der Waals surface area contributed by atoms with Crippen molar-refractivity contribution in [2.45, 2.75) is 6.18 Å². The Kier molecular flexibility index (Phi) is 2.97. The molecule has 0 bridgehead atoms. The number of aryl methyl sites for hydroxylation is 1. The fourth-order valence-electron chi connectivity index (χ4n) is 1.49. The van der Waals surface area contributed by atoms with E-state index in [1.807, 2.05) is 0 Å². The van der Waals surface area contributed by atoms with Crippen LogP contribution in [0.25, 0.3) is 11.4 Å². The maximum atomic E-state index is 12.4. The van der Waals surface area contributed by atoms with E-state index in [0.29, 0.717) is 6.20 Å². The molecule has 0 atom stereocenters. The number of nitrogens with zero attached hydrogens (tertiary/aromatic N) is 4. The Hall–Kier alpha value is -2.45. The molecule has 0 amide bonds. The summed E-state index contributed by atoms with van der Waals surface area (Å²) in [6.07, 6.45) is -3.79. The van der Waals surface area contributed by atoms with Gasteiger partial charge in [-0.15, -0.1) is 0 Å². The molecule has 2 heterocycles. The quantitative estimate of drug-likeness (QED) is 0.621. The number of pyridine rings is 1. The van der Waals surface area contributed by atoms with Crippen molar-refractivity contribution in [3.63, 3.8) is 0 Å². The lowest BCUT2D eigenvalue weighted by Gasteiger charge is -2.06. The van der Waals surface area contributed by atoms with Crippen LogP contribution in [0.2, 0.25) is 0 Å². The summed E-state index contributed by atoms with van der Waals surface area (Å²) in [5, 5.41) is 14.2. The smallest absolute Gasteiger partial charge is 0.358 e. The summed E-state index contributed by atoms with van der Waals surface area (Å²) in [5.74, 6) is -0.390. The highest BCUT2D eigenvalue weighted by Gasteiger charge is 2.31. The van der Waals surface area contributed by atoms with E-state index in [-0.39, 0.29) is 17.2 Å². The number of halogens is 3. The molecule has 0 unspecified atom stereocenters.